The third-order valence-electron chi connectivity index (χ3n) is 14.4. The first-order chi connectivity index (χ1) is 27.8. The van der Waals surface area contributed by atoms with Crippen molar-refractivity contribution in [3.05, 3.63) is 125 Å². The molecular weight excluding hydrogens is 733 g/mol. The first kappa shape index (κ1) is 43.9. The Morgan fingerprint density at radius 2 is 1.03 bits per heavy atom. The van der Waals surface area contributed by atoms with Crippen LogP contribution in [0.4, 0.5) is 11.4 Å². The van der Waals surface area contributed by atoms with Crippen LogP contribution >= 0.6 is 0 Å². The summed E-state index contributed by atoms with van der Waals surface area (Å²) in [6.07, 6.45) is 10.8. The summed E-state index contributed by atoms with van der Waals surface area (Å²) in [6, 6.07) is 32.0. The lowest BCUT2D eigenvalue weighted by Gasteiger charge is -2.25. The second-order valence-corrected chi connectivity index (χ2v) is 19.9. The van der Waals surface area contributed by atoms with Crippen LogP contribution in [0, 0.1) is 44.4 Å². The van der Waals surface area contributed by atoms with E-state index in [1.54, 1.807) is 12.1 Å². The van der Waals surface area contributed by atoms with Gasteiger partial charge in [-0.25, -0.2) is 8.42 Å². The van der Waals surface area contributed by atoms with Gasteiger partial charge in [0, 0.05) is 48.4 Å². The molecule has 2 saturated carbocycles. The van der Waals surface area contributed by atoms with Crippen LogP contribution < -0.4 is 10.5 Å². The fourth-order valence-corrected chi connectivity index (χ4v) is 11.5. The lowest BCUT2D eigenvalue weighted by atomic mass is 9.92. The highest BCUT2D eigenvalue weighted by atomic mass is 32.2. The molecule has 0 aromatic heterocycles. The molecule has 0 radical (unpaired) electrons. The summed E-state index contributed by atoms with van der Waals surface area (Å²) in [5.74, 6) is 3.09. The number of likely N-dealkylation sites (tertiary alicyclic amines) is 2. The molecule has 58 heavy (non-hydrogen) atoms. The monoisotopic (exact) mass is 805 g/mol. The summed E-state index contributed by atoms with van der Waals surface area (Å²) in [7, 11) is -3.59. The van der Waals surface area contributed by atoms with Crippen molar-refractivity contribution in [2.45, 2.75) is 116 Å². The number of piperidine rings is 2. The number of aryl methyl sites for hydroxylation is 3. The molecule has 0 amide bonds. The zero-order chi connectivity index (χ0) is 41.5. The molecule has 3 N–H and O–H groups in total. The Labute approximate surface area is 352 Å². The third kappa shape index (κ3) is 10.0. The van der Waals surface area contributed by atoms with Crippen molar-refractivity contribution >= 4 is 21.4 Å². The molecule has 4 unspecified atom stereocenters. The number of nitrogens with two attached hydrogens (primary N) is 1. The van der Waals surface area contributed by atoms with Gasteiger partial charge in [0.25, 0.3) is 10.0 Å². The largest absolute Gasteiger partial charge is 0.399 e. The van der Waals surface area contributed by atoms with Crippen molar-refractivity contribution in [1.82, 2.24) is 9.80 Å². The molecule has 4 aliphatic rings. The fraction of sp³-hybridized carbons (Fsp3) is 0.529. The van der Waals surface area contributed by atoms with Gasteiger partial charge in [0.05, 0.1) is 4.90 Å². The van der Waals surface area contributed by atoms with Crippen molar-refractivity contribution in [3.63, 3.8) is 0 Å². The van der Waals surface area contributed by atoms with Crippen LogP contribution in [0.1, 0.15) is 107 Å². The number of hydrogen-bond acceptors (Lipinski definition) is 5. The van der Waals surface area contributed by atoms with Gasteiger partial charge in [-0.2, -0.15) is 0 Å². The van der Waals surface area contributed by atoms with Gasteiger partial charge in [0.1, 0.15) is 0 Å². The molecule has 2 aliphatic carbocycles. The van der Waals surface area contributed by atoms with Crippen molar-refractivity contribution in [2.75, 3.05) is 49.7 Å². The molecule has 0 bridgehead atoms. The third-order valence-corrected chi connectivity index (χ3v) is 15.9. The summed E-state index contributed by atoms with van der Waals surface area (Å²) in [4.78, 5) is 5.64. The highest BCUT2D eigenvalue weighted by Crippen LogP contribution is 2.64. The summed E-state index contributed by atoms with van der Waals surface area (Å²) in [6.45, 7) is 22.9. The van der Waals surface area contributed by atoms with E-state index in [9.17, 15) is 8.42 Å². The molecule has 4 atom stereocenters. The molecule has 314 valence electrons. The van der Waals surface area contributed by atoms with E-state index >= 15 is 0 Å². The predicted octanol–water partition coefficient (Wildman–Crippen LogP) is 11.2. The molecular formula is C51H72N4O2S. The lowest BCUT2D eigenvalue weighted by molar-refractivity contribution is 0.271. The zero-order valence-electron chi connectivity index (χ0n) is 36.6. The summed E-state index contributed by atoms with van der Waals surface area (Å²) in [5.41, 5.74) is 14.3. The maximum atomic E-state index is 12.9. The molecule has 2 saturated heterocycles. The van der Waals surface area contributed by atoms with Gasteiger partial charge in [-0.1, -0.05) is 133 Å². The van der Waals surface area contributed by atoms with Crippen molar-refractivity contribution in [3.8, 4) is 0 Å². The predicted molar refractivity (Wildman–Crippen MR) is 245 cm³/mol. The number of benzene rings is 4. The Morgan fingerprint density at radius 3 is 1.48 bits per heavy atom. The smallest absolute Gasteiger partial charge is 0.262 e. The Kier molecular flexibility index (Phi) is 14.5. The number of fused-ring (bicyclic) bond motifs is 2. The van der Waals surface area contributed by atoms with Crippen LogP contribution in [0.3, 0.4) is 0 Å². The number of nitrogens with one attached hydrogen (secondary N) is 1. The van der Waals surface area contributed by atoms with E-state index in [1.807, 2.05) is 43.3 Å². The maximum Gasteiger partial charge on any atom is 0.262 e. The first-order valence-corrected chi connectivity index (χ1v) is 23.8. The van der Waals surface area contributed by atoms with Crippen molar-refractivity contribution in [1.29, 1.82) is 0 Å². The second-order valence-electron chi connectivity index (χ2n) is 18.3. The number of nitrogen functional groups attached to an aromatic ring is 1. The molecule has 0 spiro atoms. The van der Waals surface area contributed by atoms with Crippen LogP contribution in [-0.4, -0.2) is 57.5 Å². The van der Waals surface area contributed by atoms with Gasteiger partial charge in [-0.05, 0) is 129 Å². The summed E-state index contributed by atoms with van der Waals surface area (Å²) in [5, 5.41) is 0. The molecule has 6 nitrogen and oxygen atoms in total. The topological polar surface area (TPSA) is 78.7 Å². The molecule has 8 rings (SSSR count). The minimum atomic E-state index is -3.59. The fourth-order valence-electron chi connectivity index (χ4n) is 10.2. The van der Waals surface area contributed by atoms with Gasteiger partial charge in [0.2, 0.25) is 0 Å². The van der Waals surface area contributed by atoms with Crippen LogP contribution in [0.25, 0.3) is 0 Å². The van der Waals surface area contributed by atoms with Crippen LogP contribution in [0.15, 0.2) is 102 Å². The average molecular weight is 805 g/mol. The second kappa shape index (κ2) is 19.2. The number of hydrogen-bond donors (Lipinski definition) is 2. The number of unbranched alkanes of at least 4 members (excludes halogenated alkanes) is 6. The SMILES string of the molecule is CCCCCCN1CC2C(C1)C2(C)c1cccc(N)c1.CCCCCCN1CC2C(C1)C2(C)c1cccc(NS(=O)(=O)c2ccccc2C)c1.Cc1ccccc1C. The zero-order valence-corrected chi connectivity index (χ0v) is 37.5. The van der Waals surface area contributed by atoms with E-state index in [-0.39, 0.29) is 5.41 Å². The number of anilines is 2. The van der Waals surface area contributed by atoms with Crippen molar-refractivity contribution < 1.29 is 8.42 Å². The number of sulfonamides is 1. The highest BCUT2D eigenvalue weighted by molar-refractivity contribution is 7.92. The van der Waals surface area contributed by atoms with E-state index in [0.29, 0.717) is 27.8 Å². The van der Waals surface area contributed by atoms with E-state index in [2.05, 4.69) is 105 Å². The summed E-state index contributed by atoms with van der Waals surface area (Å²) < 4.78 is 28.5. The molecule has 4 fully saturated rings. The van der Waals surface area contributed by atoms with Gasteiger partial charge in [0.15, 0.2) is 0 Å². The Bertz CT molecular complexity index is 2020. The maximum absolute atomic E-state index is 12.9. The standard InChI is InChI=1S/C25H34N2O2S.C18H28N2.C8H10/c1-4-5-6-9-15-27-17-22-23(18-27)25(22,3)20-12-10-13-21(16-20)26-30(28,29)24-14-8-7-11-19(24)2;1-3-4-5-6-10-20-12-16-17(13-20)18(16,2)14-8-7-9-15(19)11-14;1-7-5-3-4-6-8(7)2/h7-8,10-14,16,22-23,26H,4-6,9,15,17-18H2,1-3H3;7-9,11,16-17H,3-6,10,12-13,19H2,1-2H3;3-6H,1-2H3. The lowest BCUT2D eigenvalue weighted by Crippen LogP contribution is -2.30. The first-order valence-electron chi connectivity index (χ1n) is 22.3. The van der Waals surface area contributed by atoms with Crippen molar-refractivity contribution in [2.24, 2.45) is 23.7 Å². The minimum absolute atomic E-state index is 0.171. The average Bonchev–Trinajstić information content (AvgIpc) is 3.67. The quantitative estimate of drug-likeness (QED) is 0.0924. The van der Waals surface area contributed by atoms with Gasteiger partial charge in [-0.15, -0.1) is 0 Å². The number of nitrogens with zero attached hydrogens (tertiary/aromatic N) is 2. The number of rotatable bonds is 15. The van der Waals surface area contributed by atoms with Gasteiger partial charge in [-0.3, -0.25) is 4.72 Å². The molecule has 2 heterocycles. The summed E-state index contributed by atoms with van der Waals surface area (Å²) >= 11 is 0. The van der Waals surface area contributed by atoms with Crippen LogP contribution in [0.2, 0.25) is 0 Å². The Balaban J connectivity index is 0.000000173. The van der Waals surface area contributed by atoms with Gasteiger partial charge >= 0.3 is 0 Å². The molecule has 2 aliphatic heterocycles. The Hall–Kier alpha value is -3.65. The Morgan fingerprint density at radius 1 is 0.586 bits per heavy atom. The van der Waals surface area contributed by atoms with Crippen LogP contribution in [-0.2, 0) is 20.9 Å². The van der Waals surface area contributed by atoms with E-state index in [4.69, 9.17) is 5.73 Å². The molecule has 4 aromatic carbocycles. The van der Waals surface area contributed by atoms with E-state index < -0.39 is 10.0 Å². The van der Waals surface area contributed by atoms with Gasteiger partial charge < -0.3 is 15.5 Å². The molecule has 4 aromatic rings. The minimum Gasteiger partial charge on any atom is -0.399 e. The van der Waals surface area contributed by atoms with E-state index in [0.717, 1.165) is 23.1 Å². The highest BCUT2D eigenvalue weighted by Gasteiger charge is 2.66. The van der Waals surface area contributed by atoms with E-state index in [1.165, 1.54) is 113 Å². The normalized spacial score (nSPS) is 25.8. The van der Waals surface area contributed by atoms with Crippen LogP contribution in [0.5, 0.6) is 0 Å². The molecule has 7 heteroatoms.